The van der Waals surface area contributed by atoms with Gasteiger partial charge < -0.3 is 10.5 Å². The molecule has 1 aromatic carbocycles. The van der Waals surface area contributed by atoms with Crippen LogP contribution in [0.15, 0.2) is 36.5 Å². The molecule has 1 aliphatic heterocycles. The van der Waals surface area contributed by atoms with Gasteiger partial charge in [0, 0.05) is 11.6 Å². The third-order valence-corrected chi connectivity index (χ3v) is 3.47. The molecule has 2 heterocycles. The predicted octanol–water partition coefficient (Wildman–Crippen LogP) is 2.97. The van der Waals surface area contributed by atoms with E-state index in [1.165, 1.54) is 30.5 Å². The first-order valence-corrected chi connectivity index (χ1v) is 6.89. The summed E-state index contributed by atoms with van der Waals surface area (Å²) < 4.78 is 44.3. The van der Waals surface area contributed by atoms with Gasteiger partial charge in [-0.25, -0.2) is 10.0 Å². The standard InChI is InChI=1S/C15H14F3N3O2/c16-15(17,18)12-3-1-2-4-13(12)23-11-6-9-5-10(19)8-21(22)14(9)20-7-11/h1-4,6-7,10,22H,5,8,19H2/t10-/m0/s1. The van der Waals surface area contributed by atoms with Gasteiger partial charge in [0.1, 0.15) is 11.5 Å². The van der Waals surface area contributed by atoms with E-state index in [1.807, 2.05) is 0 Å². The molecule has 8 heteroatoms. The van der Waals surface area contributed by atoms with Crippen molar-refractivity contribution in [3.8, 4) is 11.5 Å². The summed E-state index contributed by atoms with van der Waals surface area (Å²) in [6, 6.07) is 6.20. The Morgan fingerprint density at radius 1 is 1.30 bits per heavy atom. The van der Waals surface area contributed by atoms with E-state index < -0.39 is 11.7 Å². The van der Waals surface area contributed by atoms with Crippen molar-refractivity contribution in [1.29, 1.82) is 0 Å². The molecule has 1 aliphatic rings. The van der Waals surface area contributed by atoms with E-state index in [2.05, 4.69) is 4.98 Å². The molecule has 122 valence electrons. The maximum atomic E-state index is 13.0. The highest BCUT2D eigenvalue weighted by Gasteiger charge is 2.34. The Morgan fingerprint density at radius 3 is 2.78 bits per heavy atom. The molecule has 5 nitrogen and oxygen atoms in total. The number of hydrogen-bond acceptors (Lipinski definition) is 5. The zero-order valence-corrected chi connectivity index (χ0v) is 11.9. The lowest BCUT2D eigenvalue weighted by molar-refractivity contribution is -0.138. The topological polar surface area (TPSA) is 71.6 Å². The lowest BCUT2D eigenvalue weighted by atomic mass is 10.0. The van der Waals surface area contributed by atoms with Crippen LogP contribution in [-0.2, 0) is 12.6 Å². The summed E-state index contributed by atoms with van der Waals surface area (Å²) >= 11 is 0. The minimum Gasteiger partial charge on any atom is -0.455 e. The van der Waals surface area contributed by atoms with Crippen molar-refractivity contribution in [3.63, 3.8) is 0 Å². The summed E-state index contributed by atoms with van der Waals surface area (Å²) in [5.41, 5.74) is 5.56. The monoisotopic (exact) mass is 325 g/mol. The van der Waals surface area contributed by atoms with Crippen molar-refractivity contribution >= 4 is 5.82 Å². The molecule has 2 aromatic rings. The van der Waals surface area contributed by atoms with Gasteiger partial charge in [0.25, 0.3) is 0 Å². The van der Waals surface area contributed by atoms with E-state index in [1.54, 1.807) is 0 Å². The van der Waals surface area contributed by atoms with Gasteiger partial charge in [-0.05, 0) is 24.6 Å². The van der Waals surface area contributed by atoms with Crippen molar-refractivity contribution in [3.05, 3.63) is 47.7 Å². The van der Waals surface area contributed by atoms with Gasteiger partial charge in [0.05, 0.1) is 18.3 Å². The Kier molecular flexibility index (Phi) is 3.87. The number of fused-ring (bicyclic) bond motifs is 1. The van der Waals surface area contributed by atoms with E-state index in [4.69, 9.17) is 10.5 Å². The fraction of sp³-hybridized carbons (Fsp3) is 0.267. The Balaban J connectivity index is 1.92. The number of hydrogen-bond donors (Lipinski definition) is 2. The van der Waals surface area contributed by atoms with Gasteiger partial charge in [0.2, 0.25) is 0 Å². The number of nitrogens with zero attached hydrogens (tertiary/aromatic N) is 2. The Labute approximate surface area is 130 Å². The third kappa shape index (κ3) is 3.22. The first-order valence-electron chi connectivity index (χ1n) is 6.89. The smallest absolute Gasteiger partial charge is 0.419 e. The number of para-hydroxylation sites is 1. The Hall–Kier alpha value is -2.32. The van der Waals surface area contributed by atoms with Gasteiger partial charge in [-0.2, -0.15) is 13.2 Å². The zero-order chi connectivity index (χ0) is 16.6. The number of benzene rings is 1. The number of halogens is 3. The lowest BCUT2D eigenvalue weighted by Gasteiger charge is -2.28. The highest BCUT2D eigenvalue weighted by molar-refractivity contribution is 5.51. The van der Waals surface area contributed by atoms with Gasteiger partial charge in [-0.15, -0.1) is 0 Å². The second kappa shape index (κ2) is 5.71. The van der Waals surface area contributed by atoms with Gasteiger partial charge in [-0.1, -0.05) is 12.1 Å². The van der Waals surface area contributed by atoms with Crippen LogP contribution in [-0.4, -0.2) is 22.8 Å². The normalized spacial score (nSPS) is 17.8. The molecule has 3 rings (SSSR count). The van der Waals surface area contributed by atoms with Crippen molar-refractivity contribution in [2.75, 3.05) is 11.6 Å². The van der Waals surface area contributed by atoms with E-state index in [0.717, 1.165) is 11.1 Å². The fourth-order valence-corrected chi connectivity index (χ4v) is 2.49. The number of nitrogens with two attached hydrogens (primary N) is 1. The third-order valence-electron chi connectivity index (χ3n) is 3.47. The van der Waals surface area contributed by atoms with Crippen molar-refractivity contribution < 1.29 is 23.1 Å². The average molecular weight is 325 g/mol. The molecule has 0 spiro atoms. The number of aromatic nitrogens is 1. The van der Waals surface area contributed by atoms with Crippen LogP contribution in [0.25, 0.3) is 0 Å². The molecule has 0 aliphatic carbocycles. The molecule has 0 bridgehead atoms. The summed E-state index contributed by atoms with van der Waals surface area (Å²) in [7, 11) is 0. The zero-order valence-electron chi connectivity index (χ0n) is 11.9. The molecule has 0 unspecified atom stereocenters. The van der Waals surface area contributed by atoms with Crippen LogP contribution in [0, 0.1) is 0 Å². The summed E-state index contributed by atoms with van der Waals surface area (Å²) in [4.78, 5) is 4.04. The summed E-state index contributed by atoms with van der Waals surface area (Å²) in [6.45, 7) is 0.247. The first-order chi connectivity index (χ1) is 10.8. The minimum atomic E-state index is -4.51. The van der Waals surface area contributed by atoms with Crippen LogP contribution in [0.1, 0.15) is 11.1 Å². The molecule has 23 heavy (non-hydrogen) atoms. The number of rotatable bonds is 2. The maximum Gasteiger partial charge on any atom is 0.419 e. The molecular weight excluding hydrogens is 311 g/mol. The fourth-order valence-electron chi connectivity index (χ4n) is 2.49. The largest absolute Gasteiger partial charge is 0.455 e. The number of ether oxygens (including phenoxy) is 1. The van der Waals surface area contributed by atoms with Crippen LogP contribution < -0.4 is 15.5 Å². The molecule has 0 amide bonds. The summed E-state index contributed by atoms with van der Waals surface area (Å²) in [5, 5.41) is 10.7. The number of alkyl halides is 3. The van der Waals surface area contributed by atoms with Gasteiger partial charge >= 0.3 is 6.18 Å². The summed E-state index contributed by atoms with van der Waals surface area (Å²) in [6.07, 6.45) is -2.79. The average Bonchev–Trinajstić information content (AvgIpc) is 2.46. The molecule has 3 N–H and O–H groups in total. The summed E-state index contributed by atoms with van der Waals surface area (Å²) in [5.74, 6) is 0.189. The van der Waals surface area contributed by atoms with Gasteiger partial charge in [-0.3, -0.25) is 5.21 Å². The molecular formula is C15H14F3N3O2. The van der Waals surface area contributed by atoms with Crippen LogP contribution in [0.4, 0.5) is 19.0 Å². The van der Waals surface area contributed by atoms with Crippen LogP contribution in [0.5, 0.6) is 11.5 Å². The van der Waals surface area contributed by atoms with Crippen molar-refractivity contribution in [1.82, 2.24) is 4.98 Å². The number of anilines is 1. The van der Waals surface area contributed by atoms with E-state index in [9.17, 15) is 18.4 Å². The highest BCUT2D eigenvalue weighted by Crippen LogP contribution is 2.38. The SMILES string of the molecule is N[C@H]1Cc2cc(Oc3ccccc3C(F)(F)F)cnc2N(O)C1. The highest BCUT2D eigenvalue weighted by atomic mass is 19.4. The Bertz CT molecular complexity index is 721. The number of hydroxylamine groups is 1. The van der Waals surface area contributed by atoms with Crippen LogP contribution in [0.2, 0.25) is 0 Å². The molecule has 1 aromatic heterocycles. The molecule has 0 radical (unpaired) electrons. The Morgan fingerprint density at radius 2 is 2.04 bits per heavy atom. The minimum absolute atomic E-state index is 0.156. The molecule has 0 fully saturated rings. The van der Waals surface area contributed by atoms with E-state index >= 15 is 0 Å². The first kappa shape index (κ1) is 15.6. The number of pyridine rings is 1. The predicted molar refractivity (Wildman–Crippen MR) is 76.6 cm³/mol. The quantitative estimate of drug-likeness (QED) is 0.888. The van der Waals surface area contributed by atoms with Crippen LogP contribution >= 0.6 is 0 Å². The van der Waals surface area contributed by atoms with Crippen molar-refractivity contribution in [2.24, 2.45) is 5.73 Å². The molecule has 0 saturated heterocycles. The van der Waals surface area contributed by atoms with Gasteiger partial charge in [0.15, 0.2) is 5.82 Å². The lowest BCUT2D eigenvalue weighted by Crippen LogP contribution is -2.42. The van der Waals surface area contributed by atoms with Crippen molar-refractivity contribution in [2.45, 2.75) is 18.6 Å². The second-order valence-corrected chi connectivity index (χ2v) is 5.30. The maximum absolute atomic E-state index is 13.0. The van der Waals surface area contributed by atoms with Crippen LogP contribution in [0.3, 0.4) is 0 Å². The molecule has 1 atom stereocenters. The van der Waals surface area contributed by atoms with E-state index in [0.29, 0.717) is 17.8 Å². The molecule has 0 saturated carbocycles. The van der Waals surface area contributed by atoms with E-state index in [-0.39, 0.29) is 24.1 Å². The second-order valence-electron chi connectivity index (χ2n) is 5.30.